The zero-order valence-electron chi connectivity index (χ0n) is 17.7. The predicted molar refractivity (Wildman–Crippen MR) is 131 cm³/mol. The molecule has 3 aromatic carbocycles. The molecule has 0 aliphatic rings. The molecule has 0 unspecified atom stereocenters. The number of hydrogen-bond acceptors (Lipinski definition) is 5. The van der Waals surface area contributed by atoms with E-state index in [4.69, 9.17) is 16.3 Å². The number of nitrogens with zero attached hydrogens (tertiary/aromatic N) is 1. The van der Waals surface area contributed by atoms with Crippen LogP contribution in [0.1, 0.15) is 27.0 Å². The van der Waals surface area contributed by atoms with E-state index in [0.717, 1.165) is 5.56 Å². The van der Waals surface area contributed by atoms with Gasteiger partial charge in [-0.05, 0) is 61.9 Å². The van der Waals surface area contributed by atoms with E-state index in [1.54, 1.807) is 55.5 Å². The van der Waals surface area contributed by atoms with Gasteiger partial charge < -0.3 is 10.1 Å². The molecule has 9 heteroatoms. The molecule has 2 N–H and O–H groups in total. The number of carbonyl (C=O) groups excluding carboxylic acids is 3. The average molecular weight is 529 g/mol. The molecule has 0 aliphatic heterocycles. The van der Waals surface area contributed by atoms with E-state index >= 15 is 0 Å². The molecule has 0 saturated carbocycles. The number of nitrogens with one attached hydrogen (secondary N) is 2. The van der Waals surface area contributed by atoms with Crippen molar-refractivity contribution in [2.75, 3.05) is 5.32 Å². The van der Waals surface area contributed by atoms with Gasteiger partial charge >= 0.3 is 17.8 Å². The van der Waals surface area contributed by atoms with Crippen molar-refractivity contribution in [3.63, 3.8) is 0 Å². The van der Waals surface area contributed by atoms with Crippen molar-refractivity contribution in [3.05, 3.63) is 92.4 Å². The summed E-state index contributed by atoms with van der Waals surface area (Å²) in [6.45, 7) is 3.64. The predicted octanol–water partition coefficient (Wildman–Crippen LogP) is 5.03. The summed E-state index contributed by atoms with van der Waals surface area (Å²) in [7, 11) is 0. The topological polar surface area (TPSA) is 96.9 Å². The first-order chi connectivity index (χ1) is 15.7. The molecule has 33 heavy (non-hydrogen) atoms. The Morgan fingerprint density at radius 1 is 1.00 bits per heavy atom. The van der Waals surface area contributed by atoms with Gasteiger partial charge in [0.2, 0.25) is 0 Å². The number of benzene rings is 3. The molecule has 3 aromatic rings. The Morgan fingerprint density at radius 3 is 2.45 bits per heavy atom. The summed E-state index contributed by atoms with van der Waals surface area (Å²) in [6, 6.07) is 16.9. The van der Waals surface area contributed by atoms with Crippen LogP contribution in [0, 0.1) is 13.8 Å². The monoisotopic (exact) mass is 527 g/mol. The van der Waals surface area contributed by atoms with Crippen LogP contribution in [-0.4, -0.2) is 24.0 Å². The highest BCUT2D eigenvalue weighted by molar-refractivity contribution is 9.10. The maximum atomic E-state index is 12.4. The Bertz CT molecular complexity index is 1240. The summed E-state index contributed by atoms with van der Waals surface area (Å²) in [6.07, 6.45) is 1.28. The minimum atomic E-state index is -0.973. The second kappa shape index (κ2) is 10.9. The number of hydrogen-bond donors (Lipinski definition) is 2. The third kappa shape index (κ3) is 6.50. The van der Waals surface area contributed by atoms with Crippen LogP contribution >= 0.6 is 27.5 Å². The molecule has 0 spiro atoms. The molecule has 0 aromatic heterocycles. The number of anilines is 1. The third-order valence-corrected chi connectivity index (χ3v) is 5.46. The van der Waals surface area contributed by atoms with E-state index in [0.29, 0.717) is 31.9 Å². The van der Waals surface area contributed by atoms with Gasteiger partial charge in [-0.2, -0.15) is 5.10 Å². The Morgan fingerprint density at radius 2 is 1.73 bits per heavy atom. The van der Waals surface area contributed by atoms with Gasteiger partial charge in [0, 0.05) is 20.7 Å². The maximum absolute atomic E-state index is 12.4. The standard InChI is InChI=1S/C24H19BrClN3O4/c1-14-6-8-16(9-7-14)24(32)33-21-11-10-18(25)12-17(21)13-27-29-23(31)22(30)28-20-5-3-4-19(26)15(20)2/h3-13H,1-2H3,(H,28,30)(H,29,31). The first kappa shape index (κ1) is 24.2. The quantitative estimate of drug-likeness (QED) is 0.160. The number of aryl methyl sites for hydroxylation is 1. The lowest BCUT2D eigenvalue weighted by Crippen LogP contribution is -2.32. The zero-order chi connectivity index (χ0) is 24.0. The van der Waals surface area contributed by atoms with E-state index in [1.807, 2.05) is 19.1 Å². The first-order valence-electron chi connectivity index (χ1n) is 9.72. The van der Waals surface area contributed by atoms with Gasteiger partial charge in [-0.25, -0.2) is 10.2 Å². The Kier molecular flexibility index (Phi) is 7.97. The van der Waals surface area contributed by atoms with Crippen LogP contribution in [0.25, 0.3) is 0 Å². The largest absolute Gasteiger partial charge is 0.422 e. The summed E-state index contributed by atoms with van der Waals surface area (Å²) >= 11 is 9.37. The SMILES string of the molecule is Cc1ccc(C(=O)Oc2ccc(Br)cc2C=NNC(=O)C(=O)Nc2cccc(Cl)c2C)cc1. The second-order valence-corrected chi connectivity index (χ2v) is 8.33. The maximum Gasteiger partial charge on any atom is 0.343 e. The smallest absolute Gasteiger partial charge is 0.343 e. The van der Waals surface area contributed by atoms with Gasteiger partial charge in [-0.1, -0.05) is 51.3 Å². The molecule has 0 saturated heterocycles. The van der Waals surface area contributed by atoms with Crippen LogP contribution in [0.2, 0.25) is 5.02 Å². The van der Waals surface area contributed by atoms with Gasteiger partial charge in [0.15, 0.2) is 0 Å². The fraction of sp³-hybridized carbons (Fsp3) is 0.0833. The number of ether oxygens (including phenoxy) is 1. The van der Waals surface area contributed by atoms with Crippen LogP contribution in [-0.2, 0) is 9.59 Å². The van der Waals surface area contributed by atoms with Gasteiger partial charge in [0.05, 0.1) is 11.8 Å². The third-order valence-electron chi connectivity index (χ3n) is 4.55. The molecule has 168 valence electrons. The van der Waals surface area contributed by atoms with E-state index in [2.05, 4.69) is 31.8 Å². The second-order valence-electron chi connectivity index (χ2n) is 7.00. The van der Waals surface area contributed by atoms with Crippen molar-refractivity contribution in [2.45, 2.75) is 13.8 Å². The first-order valence-corrected chi connectivity index (χ1v) is 10.9. The minimum Gasteiger partial charge on any atom is -0.422 e. The molecule has 0 fully saturated rings. The van der Waals surface area contributed by atoms with Crippen molar-refractivity contribution in [3.8, 4) is 5.75 Å². The zero-order valence-corrected chi connectivity index (χ0v) is 20.0. The molecule has 3 rings (SSSR count). The molecule has 2 amide bonds. The lowest BCUT2D eigenvalue weighted by atomic mass is 10.1. The summed E-state index contributed by atoms with van der Waals surface area (Å²) in [5.74, 6) is -2.18. The van der Waals surface area contributed by atoms with Crippen molar-refractivity contribution in [1.29, 1.82) is 0 Å². The van der Waals surface area contributed by atoms with Crippen LogP contribution in [0.3, 0.4) is 0 Å². The lowest BCUT2D eigenvalue weighted by molar-refractivity contribution is -0.136. The number of esters is 1. The van der Waals surface area contributed by atoms with Crippen molar-refractivity contribution in [1.82, 2.24) is 5.43 Å². The van der Waals surface area contributed by atoms with E-state index in [-0.39, 0.29) is 5.75 Å². The molecule has 0 atom stereocenters. The Hall–Kier alpha value is -3.49. The number of amides is 2. The van der Waals surface area contributed by atoms with Crippen LogP contribution in [0.4, 0.5) is 5.69 Å². The van der Waals surface area contributed by atoms with E-state index < -0.39 is 17.8 Å². The average Bonchev–Trinajstić information content (AvgIpc) is 2.78. The van der Waals surface area contributed by atoms with Gasteiger partial charge in [0.25, 0.3) is 0 Å². The minimum absolute atomic E-state index is 0.237. The number of carbonyl (C=O) groups is 3. The molecule has 0 radical (unpaired) electrons. The van der Waals surface area contributed by atoms with E-state index in [9.17, 15) is 14.4 Å². The van der Waals surface area contributed by atoms with Crippen molar-refractivity contribution in [2.24, 2.45) is 5.10 Å². The molecular weight excluding hydrogens is 510 g/mol. The highest BCUT2D eigenvalue weighted by Crippen LogP contribution is 2.24. The molecule has 7 nitrogen and oxygen atoms in total. The highest BCUT2D eigenvalue weighted by Gasteiger charge is 2.15. The fourth-order valence-electron chi connectivity index (χ4n) is 2.69. The number of halogens is 2. The fourth-order valence-corrected chi connectivity index (χ4v) is 3.25. The van der Waals surface area contributed by atoms with Gasteiger partial charge in [-0.15, -0.1) is 0 Å². The van der Waals surface area contributed by atoms with E-state index in [1.165, 1.54) is 6.21 Å². The van der Waals surface area contributed by atoms with Crippen molar-refractivity contribution >= 4 is 57.2 Å². The summed E-state index contributed by atoms with van der Waals surface area (Å²) in [5, 5.41) is 6.76. The van der Waals surface area contributed by atoms with Gasteiger partial charge in [0.1, 0.15) is 5.75 Å². The highest BCUT2D eigenvalue weighted by atomic mass is 79.9. The number of hydrazone groups is 1. The lowest BCUT2D eigenvalue weighted by Gasteiger charge is -2.09. The molecule has 0 bridgehead atoms. The molecule has 0 heterocycles. The van der Waals surface area contributed by atoms with Crippen LogP contribution < -0.4 is 15.5 Å². The Labute approximate surface area is 203 Å². The van der Waals surface area contributed by atoms with Crippen molar-refractivity contribution < 1.29 is 19.1 Å². The Balaban J connectivity index is 1.67. The molecular formula is C24H19BrClN3O4. The normalized spacial score (nSPS) is 10.7. The summed E-state index contributed by atoms with van der Waals surface area (Å²) in [5.41, 5.74) is 5.04. The number of rotatable bonds is 5. The summed E-state index contributed by atoms with van der Waals surface area (Å²) < 4.78 is 6.19. The summed E-state index contributed by atoms with van der Waals surface area (Å²) in [4.78, 5) is 36.7. The molecule has 0 aliphatic carbocycles. The van der Waals surface area contributed by atoms with Crippen LogP contribution in [0.15, 0.2) is 70.2 Å². The van der Waals surface area contributed by atoms with Crippen LogP contribution in [0.5, 0.6) is 5.75 Å². The van der Waals surface area contributed by atoms with Gasteiger partial charge in [-0.3, -0.25) is 9.59 Å².